The van der Waals surface area contributed by atoms with Gasteiger partial charge in [-0.05, 0) is 5.57 Å². The van der Waals surface area contributed by atoms with E-state index in [1.54, 1.807) is 0 Å². The fourth-order valence-electron chi connectivity index (χ4n) is 3.87. The first-order valence-corrected chi connectivity index (χ1v) is 16.3. The van der Waals surface area contributed by atoms with Gasteiger partial charge in [0.25, 0.3) is 11.8 Å². The fourth-order valence-corrected chi connectivity index (χ4v) is 8.77. The first-order valence-electron chi connectivity index (χ1n) is 11.7. The number of carboxylic acid groups (broad SMARTS) is 1. The number of aromatic hydroxyl groups is 1. The highest BCUT2D eigenvalue weighted by Crippen LogP contribution is 2.42. The van der Waals surface area contributed by atoms with E-state index in [2.05, 4.69) is 30.0 Å². The largest absolute Gasteiger partial charge is 0.503 e. The lowest BCUT2D eigenvalue weighted by Gasteiger charge is -2.49. The summed E-state index contributed by atoms with van der Waals surface area (Å²) in [5.41, 5.74) is 5.28. The van der Waals surface area contributed by atoms with Gasteiger partial charge in [-0.15, -0.1) is 22.0 Å². The van der Waals surface area contributed by atoms with Gasteiger partial charge in [0.15, 0.2) is 19.6 Å². The lowest BCUT2D eigenvalue weighted by atomic mass is 10.0. The third-order valence-electron chi connectivity index (χ3n) is 5.78. The number of β-lactam (4-membered cyclic amide) rings is 1. The zero-order valence-corrected chi connectivity index (χ0v) is 25.6. The van der Waals surface area contributed by atoms with Crippen LogP contribution >= 0.6 is 58.2 Å². The molecule has 2 amide bonds. The fraction of sp³-hybridized carbons (Fsp3) is 0.286. The molecule has 5 rings (SSSR count). The van der Waals surface area contributed by atoms with E-state index < -0.39 is 40.4 Å². The maximum Gasteiger partial charge on any atom is 0.352 e. The van der Waals surface area contributed by atoms with E-state index in [-0.39, 0.29) is 45.3 Å². The zero-order valence-electron chi connectivity index (χ0n) is 21.6. The van der Waals surface area contributed by atoms with E-state index in [9.17, 15) is 34.6 Å². The molecule has 3 aromatic heterocycles. The Kier molecular flexibility index (Phi) is 9.10. The molecule has 1 fully saturated rings. The Morgan fingerprint density at radius 2 is 1.98 bits per heavy atom. The second kappa shape index (κ2) is 12.8. The minimum Gasteiger partial charge on any atom is -0.503 e. The molecule has 2 atom stereocenters. The van der Waals surface area contributed by atoms with Crippen LogP contribution in [0.15, 0.2) is 42.2 Å². The Morgan fingerprint density at radius 3 is 2.63 bits per heavy atom. The number of carbonyl (C=O) groups excluding carboxylic acids is 2. The number of amides is 2. The molecule has 22 heteroatoms. The summed E-state index contributed by atoms with van der Waals surface area (Å²) in [7, 11) is 1.23. The van der Waals surface area contributed by atoms with Crippen LogP contribution in [0.4, 0.5) is 5.13 Å². The number of nitrogens with zero attached hydrogens (tertiary/aromatic N) is 7. The number of fused-ring (bicyclic) bond motifs is 1. The van der Waals surface area contributed by atoms with E-state index in [1.807, 2.05) is 0 Å². The molecule has 3 aromatic rings. The van der Waals surface area contributed by atoms with Crippen molar-refractivity contribution in [2.45, 2.75) is 25.8 Å². The maximum absolute atomic E-state index is 13.0. The third kappa shape index (κ3) is 6.41. The van der Waals surface area contributed by atoms with Crippen LogP contribution in [0.2, 0.25) is 0 Å². The van der Waals surface area contributed by atoms with Gasteiger partial charge in [-0.3, -0.25) is 19.3 Å². The number of nitrogens with one attached hydrogen (secondary N) is 1. The Morgan fingerprint density at radius 1 is 1.26 bits per heavy atom. The van der Waals surface area contributed by atoms with Crippen LogP contribution in [-0.2, 0) is 25.0 Å². The number of aliphatic carboxylic acids is 1. The molecule has 0 spiro atoms. The Labute approximate surface area is 261 Å². The number of oxime groups is 1. The highest BCUT2D eigenvalue weighted by Gasteiger charge is 2.54. The van der Waals surface area contributed by atoms with Crippen LogP contribution in [0.1, 0.15) is 11.5 Å². The third-order valence-corrected chi connectivity index (χ3v) is 11.0. The second-order valence-electron chi connectivity index (χ2n) is 8.47. The molecule has 0 bridgehead atoms. The van der Waals surface area contributed by atoms with Gasteiger partial charge in [0.1, 0.15) is 24.2 Å². The van der Waals surface area contributed by atoms with Crippen LogP contribution in [-0.4, -0.2) is 98.1 Å². The predicted octanol–water partition coefficient (Wildman–Crippen LogP) is 0.250. The summed E-state index contributed by atoms with van der Waals surface area (Å²) in [6.07, 6.45) is 0.905. The van der Waals surface area contributed by atoms with Crippen molar-refractivity contribution in [3.63, 3.8) is 0 Å². The first kappa shape index (κ1) is 30.6. The minimum absolute atomic E-state index is 0.0700. The van der Waals surface area contributed by atoms with E-state index >= 15 is 0 Å². The standard InChI is InChI=1S/C21H19N9O8S5/c1-38-27-11(14-24-19(22)43-28-14)15(33)23-12-16(34)30-13(18(35)36)7(4-39-17(12)30)5-40-20-25-26-21(42-20)41-6-8-2-9(31)10(32)3-29(8)37/h2-3,12,17,32,37H,4-6H2,1H3,(H,23,33)(H,35,36)(H2,22,24,28)/b27-11-/t12-,17+/m1/s1. The van der Waals surface area contributed by atoms with Crippen LogP contribution in [0.3, 0.4) is 0 Å². The quantitative estimate of drug-likeness (QED) is 0.0596. The number of carboxylic acids is 1. The monoisotopic (exact) mass is 685 g/mol. The predicted molar refractivity (Wildman–Crippen MR) is 157 cm³/mol. The minimum atomic E-state index is -1.28. The normalized spacial score (nSPS) is 18.3. The molecule has 6 N–H and O–H groups in total. The molecule has 2 aliphatic rings. The number of nitrogen functional groups attached to an aromatic ring is 1. The van der Waals surface area contributed by atoms with E-state index in [1.165, 1.54) is 53.7 Å². The molecule has 5 heterocycles. The molecule has 0 unspecified atom stereocenters. The van der Waals surface area contributed by atoms with Crippen molar-refractivity contribution in [3.05, 3.63) is 45.3 Å². The number of nitrogens with two attached hydrogens (primary N) is 1. The molecule has 2 aliphatic heterocycles. The van der Waals surface area contributed by atoms with E-state index in [0.29, 0.717) is 19.0 Å². The molecule has 43 heavy (non-hydrogen) atoms. The number of thioether (sulfide) groups is 3. The number of rotatable bonds is 11. The molecular weight excluding hydrogens is 667 g/mol. The smallest absolute Gasteiger partial charge is 0.352 e. The van der Waals surface area contributed by atoms with Crippen LogP contribution < -0.4 is 16.5 Å². The molecular formula is C21H19N9O8S5. The molecule has 0 radical (unpaired) electrons. The summed E-state index contributed by atoms with van der Waals surface area (Å²) in [5, 5.41) is 43.0. The summed E-state index contributed by atoms with van der Waals surface area (Å²) in [5.74, 6) is -2.61. The zero-order chi connectivity index (χ0) is 30.8. The number of aromatic nitrogens is 5. The second-order valence-corrected chi connectivity index (χ2v) is 13.8. The summed E-state index contributed by atoms with van der Waals surface area (Å²) >= 11 is 5.85. The number of hydrogen-bond donors (Lipinski definition) is 5. The van der Waals surface area contributed by atoms with E-state index in [4.69, 9.17) is 10.6 Å². The highest BCUT2D eigenvalue weighted by atomic mass is 32.2. The SMILES string of the molecule is CO/N=C(\C(=O)N[C@@H]1C(=O)N2C(C(=O)O)=C(CSc3nnc(SCc4cc(=O)c(O)cn4O)s3)CS[C@@H]12)c1nsc(N)n1. The average molecular weight is 686 g/mol. The number of pyridine rings is 1. The van der Waals surface area contributed by atoms with Crippen molar-refractivity contribution in [1.29, 1.82) is 0 Å². The molecule has 1 saturated heterocycles. The summed E-state index contributed by atoms with van der Waals surface area (Å²) in [6, 6.07) is 0.103. The number of carbonyl (C=O) groups is 3. The molecule has 226 valence electrons. The van der Waals surface area contributed by atoms with Crippen molar-refractivity contribution in [1.82, 2.24) is 34.5 Å². The van der Waals surface area contributed by atoms with Crippen LogP contribution in [0.25, 0.3) is 0 Å². The van der Waals surface area contributed by atoms with Gasteiger partial charge in [0, 0.05) is 34.9 Å². The van der Waals surface area contributed by atoms with Gasteiger partial charge in [-0.1, -0.05) is 40.0 Å². The van der Waals surface area contributed by atoms with Crippen molar-refractivity contribution in [2.75, 3.05) is 24.3 Å². The molecule has 0 aromatic carbocycles. The molecule has 0 aliphatic carbocycles. The summed E-state index contributed by atoms with van der Waals surface area (Å²) < 4.78 is 5.67. The van der Waals surface area contributed by atoms with Gasteiger partial charge in [-0.25, -0.2) is 4.79 Å². The van der Waals surface area contributed by atoms with Crippen molar-refractivity contribution >= 4 is 86.8 Å². The number of anilines is 1. The summed E-state index contributed by atoms with van der Waals surface area (Å²) in [4.78, 5) is 59.5. The first-order chi connectivity index (χ1) is 20.6. The van der Waals surface area contributed by atoms with Crippen LogP contribution in [0.5, 0.6) is 5.75 Å². The topological polar surface area (TPSA) is 248 Å². The Balaban J connectivity index is 1.22. The maximum atomic E-state index is 13.0. The van der Waals surface area contributed by atoms with Gasteiger partial charge < -0.3 is 31.3 Å². The van der Waals surface area contributed by atoms with Gasteiger partial charge >= 0.3 is 5.97 Å². The van der Waals surface area contributed by atoms with Crippen molar-refractivity contribution < 1.29 is 34.6 Å². The summed E-state index contributed by atoms with van der Waals surface area (Å²) in [6.45, 7) is 0. The highest BCUT2D eigenvalue weighted by molar-refractivity contribution is 8.03. The Bertz CT molecular complexity index is 1720. The van der Waals surface area contributed by atoms with Crippen LogP contribution in [0, 0.1) is 0 Å². The Hall–Kier alpha value is -3.86. The number of hydrogen-bond acceptors (Lipinski definition) is 18. The van der Waals surface area contributed by atoms with Crippen molar-refractivity contribution in [3.8, 4) is 5.75 Å². The molecule has 17 nitrogen and oxygen atoms in total. The van der Waals surface area contributed by atoms with E-state index in [0.717, 1.165) is 28.7 Å². The van der Waals surface area contributed by atoms with Crippen molar-refractivity contribution in [2.24, 2.45) is 5.16 Å². The van der Waals surface area contributed by atoms with Gasteiger partial charge in [0.05, 0.1) is 11.9 Å². The lowest BCUT2D eigenvalue weighted by molar-refractivity contribution is -0.150. The van der Waals surface area contributed by atoms with Gasteiger partial charge in [0.2, 0.25) is 17.0 Å². The average Bonchev–Trinajstić information content (AvgIpc) is 3.62. The van der Waals surface area contributed by atoms with Gasteiger partial charge in [-0.2, -0.15) is 14.1 Å². The molecule has 0 saturated carbocycles. The lowest BCUT2D eigenvalue weighted by Crippen LogP contribution is -2.71.